The molecule has 0 aromatic carbocycles. The highest BCUT2D eigenvalue weighted by Crippen LogP contribution is 2.64. The number of carbonyl (C=O) groups is 2. The van der Waals surface area contributed by atoms with E-state index in [-0.39, 0.29) is 35.9 Å². The van der Waals surface area contributed by atoms with Crippen LogP contribution < -0.4 is 5.32 Å². The quantitative estimate of drug-likeness (QED) is 0.0858. The second-order valence-electron chi connectivity index (χ2n) is 10.6. The second-order valence-corrected chi connectivity index (χ2v) is 11.7. The van der Waals surface area contributed by atoms with Crippen LogP contribution in [0.15, 0.2) is 0 Å². The number of quaternary nitrogens is 1. The minimum absolute atomic E-state index is 0.0342. The van der Waals surface area contributed by atoms with Crippen LogP contribution in [0.5, 0.6) is 0 Å². The summed E-state index contributed by atoms with van der Waals surface area (Å²) in [6, 6.07) is 0. The number of carboxylic acids is 1. The van der Waals surface area contributed by atoms with Crippen molar-refractivity contribution in [1.29, 1.82) is 0 Å². The van der Waals surface area contributed by atoms with Crippen molar-refractivity contribution in [2.75, 3.05) is 51.8 Å². The van der Waals surface area contributed by atoms with Crippen LogP contribution in [0.2, 0.25) is 0 Å². The number of rotatable bonds is 20. The summed E-state index contributed by atoms with van der Waals surface area (Å²) in [5.74, 6) is -61.4. The number of ketones is 1. The third-order valence-electron chi connectivity index (χ3n) is 6.27. The maximum absolute atomic E-state index is 13.9. The Bertz CT molecular complexity index is 1020. The first kappa shape index (κ1) is 43.2. The van der Waals surface area contributed by atoms with E-state index < -0.39 is 83.2 Å². The highest BCUT2D eigenvalue weighted by molar-refractivity contribution is 7.99. The molecule has 5 nitrogen and oxygen atoms in total. The zero-order valence-electron chi connectivity index (χ0n) is 23.3. The number of Topliss-reactive ketones (excluding diaryl/α,β-unsaturated/α-hetero) is 1. The standard InChI is InChI=1S/C22H27F17N2O3S/c1-12(9-40-6-4-7-41(2,3)10-14(43)44)13(42)11-45-8-5-15(23,24)16(25,26)17(27,28)18(29,30)19(31,32)20(33,34)21(35,36)22(37,38)39/h12,40H,4-11H2,1-3H3/p+1. The van der Waals surface area contributed by atoms with Crippen LogP contribution in [-0.2, 0) is 9.59 Å². The average molecular weight is 724 g/mol. The molecule has 0 heterocycles. The Kier molecular flexibility index (Phi) is 13.6. The first-order valence-electron chi connectivity index (χ1n) is 12.2. The van der Waals surface area contributed by atoms with Crippen LogP contribution >= 0.6 is 11.8 Å². The molecule has 0 fully saturated rings. The summed E-state index contributed by atoms with van der Waals surface area (Å²) in [6.45, 7) is 1.78. The molecule has 0 rings (SSSR count). The lowest BCUT2D eigenvalue weighted by Gasteiger charge is -2.42. The molecule has 0 aliphatic heterocycles. The first-order valence-corrected chi connectivity index (χ1v) is 13.4. The van der Waals surface area contributed by atoms with Gasteiger partial charge >= 0.3 is 53.6 Å². The van der Waals surface area contributed by atoms with Crippen LogP contribution in [0.25, 0.3) is 0 Å². The van der Waals surface area contributed by atoms with Crippen molar-refractivity contribution in [1.82, 2.24) is 5.32 Å². The molecule has 23 heteroatoms. The minimum atomic E-state index is -8.67. The van der Waals surface area contributed by atoms with E-state index in [0.717, 1.165) is 0 Å². The lowest BCUT2D eigenvalue weighted by Crippen LogP contribution is -2.74. The highest BCUT2D eigenvalue weighted by atomic mass is 32.2. The van der Waals surface area contributed by atoms with Gasteiger partial charge in [-0.25, -0.2) is 4.79 Å². The van der Waals surface area contributed by atoms with Crippen molar-refractivity contribution in [3.05, 3.63) is 0 Å². The SMILES string of the molecule is CC(CNCCC[N+](C)(C)CC(=O)O)C(=O)CSCCC(F)(F)C(F)(F)C(F)(F)C(F)(F)C(F)(F)C(F)(F)C(F)(F)C(F)(F)F. The van der Waals surface area contributed by atoms with E-state index in [2.05, 4.69) is 5.32 Å². The predicted molar refractivity (Wildman–Crippen MR) is 124 cm³/mol. The van der Waals surface area contributed by atoms with Gasteiger partial charge in [-0.3, -0.25) is 4.79 Å². The Morgan fingerprint density at radius 1 is 0.733 bits per heavy atom. The summed E-state index contributed by atoms with van der Waals surface area (Å²) < 4.78 is 226. The van der Waals surface area contributed by atoms with E-state index in [1.54, 1.807) is 14.1 Å². The molecule has 2 N–H and O–H groups in total. The zero-order chi connectivity index (χ0) is 36.3. The van der Waals surface area contributed by atoms with Gasteiger partial charge in [0, 0.05) is 31.8 Å². The van der Waals surface area contributed by atoms with E-state index in [1.165, 1.54) is 6.92 Å². The van der Waals surface area contributed by atoms with Gasteiger partial charge in [-0.05, 0) is 5.75 Å². The Morgan fingerprint density at radius 2 is 1.16 bits per heavy atom. The molecule has 0 saturated carbocycles. The molecule has 0 aromatic heterocycles. The third-order valence-corrected chi connectivity index (χ3v) is 7.25. The van der Waals surface area contributed by atoms with E-state index in [9.17, 15) is 84.2 Å². The van der Waals surface area contributed by atoms with Gasteiger partial charge in [0.25, 0.3) is 0 Å². The fraction of sp³-hybridized carbons (Fsp3) is 0.909. The molecule has 0 aliphatic rings. The average Bonchev–Trinajstić information content (AvgIpc) is 2.83. The summed E-state index contributed by atoms with van der Waals surface area (Å²) in [7, 11) is 3.27. The molecule has 0 aliphatic carbocycles. The number of hydrogen-bond acceptors (Lipinski definition) is 4. The number of nitrogens with zero attached hydrogens (tertiary/aromatic N) is 1. The van der Waals surface area contributed by atoms with Gasteiger partial charge in [-0.15, -0.1) is 0 Å². The Labute approximate surface area is 248 Å². The molecule has 0 spiro atoms. The van der Waals surface area contributed by atoms with E-state index >= 15 is 0 Å². The number of aliphatic carboxylic acids is 1. The lowest BCUT2D eigenvalue weighted by molar-refractivity contribution is -0.883. The van der Waals surface area contributed by atoms with Crippen molar-refractivity contribution < 1.29 is 93.8 Å². The van der Waals surface area contributed by atoms with E-state index in [1.807, 2.05) is 0 Å². The number of nitrogens with one attached hydrogen (secondary N) is 1. The fourth-order valence-electron chi connectivity index (χ4n) is 3.38. The molecule has 268 valence electrons. The molecule has 0 bridgehead atoms. The molecule has 0 amide bonds. The highest BCUT2D eigenvalue weighted by Gasteiger charge is 2.95. The van der Waals surface area contributed by atoms with E-state index in [0.29, 0.717) is 13.0 Å². The van der Waals surface area contributed by atoms with Crippen LogP contribution in [0.1, 0.15) is 19.8 Å². The van der Waals surface area contributed by atoms with Gasteiger partial charge in [0.2, 0.25) is 0 Å². The van der Waals surface area contributed by atoms with Crippen LogP contribution in [0.3, 0.4) is 0 Å². The number of thioether (sulfide) groups is 1. The third kappa shape index (κ3) is 8.98. The van der Waals surface area contributed by atoms with Crippen molar-refractivity contribution >= 4 is 23.5 Å². The number of halogens is 17. The molecular formula is C22H28F17N2O3S+. The monoisotopic (exact) mass is 723 g/mol. The van der Waals surface area contributed by atoms with Crippen LogP contribution in [0.4, 0.5) is 74.6 Å². The second kappa shape index (κ2) is 14.1. The normalized spacial score (nSPS) is 15.7. The summed E-state index contributed by atoms with van der Waals surface area (Å²) in [6.07, 6.45) is -9.96. The molecule has 0 radical (unpaired) electrons. The molecular weight excluding hydrogens is 695 g/mol. The van der Waals surface area contributed by atoms with Crippen molar-refractivity contribution in [3.63, 3.8) is 0 Å². The smallest absolute Gasteiger partial charge is 0.460 e. The largest absolute Gasteiger partial charge is 0.477 e. The van der Waals surface area contributed by atoms with Crippen LogP contribution in [-0.4, -0.2) is 121 Å². The molecule has 45 heavy (non-hydrogen) atoms. The van der Waals surface area contributed by atoms with Crippen molar-refractivity contribution in [2.24, 2.45) is 5.92 Å². The number of carbonyl (C=O) groups excluding carboxylic acids is 1. The number of likely N-dealkylation sites (N-methyl/N-ethyl adjacent to an activating group) is 1. The predicted octanol–water partition coefficient (Wildman–Crippen LogP) is 6.47. The minimum Gasteiger partial charge on any atom is -0.477 e. The van der Waals surface area contributed by atoms with Crippen LogP contribution in [0, 0.1) is 5.92 Å². The maximum Gasteiger partial charge on any atom is 0.460 e. The molecule has 1 atom stereocenters. The molecule has 0 saturated heterocycles. The summed E-state index contributed by atoms with van der Waals surface area (Å²) in [5.41, 5.74) is 0. The van der Waals surface area contributed by atoms with Gasteiger partial charge in [0.15, 0.2) is 6.54 Å². The van der Waals surface area contributed by atoms with Gasteiger partial charge in [-0.2, -0.15) is 86.4 Å². The van der Waals surface area contributed by atoms with Gasteiger partial charge in [-0.1, -0.05) is 6.92 Å². The Hall–Kier alpha value is -1.78. The Morgan fingerprint density at radius 3 is 1.58 bits per heavy atom. The number of carboxylic acid groups (broad SMARTS) is 1. The fourth-order valence-corrected chi connectivity index (χ4v) is 4.41. The van der Waals surface area contributed by atoms with Crippen molar-refractivity contribution in [3.8, 4) is 0 Å². The van der Waals surface area contributed by atoms with Gasteiger partial charge in [0.1, 0.15) is 5.78 Å². The number of hydrogen-bond donors (Lipinski definition) is 2. The van der Waals surface area contributed by atoms with E-state index in [4.69, 9.17) is 5.11 Å². The summed E-state index contributed by atoms with van der Waals surface area (Å²) in [5, 5.41) is 11.6. The van der Waals surface area contributed by atoms with Gasteiger partial charge < -0.3 is 14.9 Å². The Balaban J connectivity index is 5.37. The lowest BCUT2D eigenvalue weighted by atomic mass is 9.88. The summed E-state index contributed by atoms with van der Waals surface area (Å²) >= 11 is 0.0460. The molecule has 0 aromatic rings. The molecule has 1 unspecified atom stereocenters. The van der Waals surface area contributed by atoms with Gasteiger partial charge in [0.05, 0.1) is 26.4 Å². The summed E-state index contributed by atoms with van der Waals surface area (Å²) in [4.78, 5) is 22.8. The van der Waals surface area contributed by atoms with Crippen molar-refractivity contribution in [2.45, 2.75) is 67.4 Å². The number of alkyl halides is 17. The first-order chi connectivity index (χ1) is 19.7. The maximum atomic E-state index is 13.9. The topological polar surface area (TPSA) is 66.4 Å². The zero-order valence-corrected chi connectivity index (χ0v) is 24.1.